The monoisotopic (exact) mass is 265 g/mol. The molecule has 0 bridgehead atoms. The minimum absolute atomic E-state index is 0.0441. The fourth-order valence-electron chi connectivity index (χ4n) is 3.02. The molecule has 0 atom stereocenters. The molecule has 2 heterocycles. The number of nitrogens with one attached hydrogen (secondary N) is 2. The summed E-state index contributed by atoms with van der Waals surface area (Å²) < 4.78 is 0. The van der Waals surface area contributed by atoms with Crippen LogP contribution >= 0.6 is 0 Å². The first kappa shape index (κ1) is 12.6. The third-order valence-corrected chi connectivity index (χ3v) is 4.16. The average Bonchev–Trinajstić information content (AvgIpc) is 2.89. The molecule has 1 aromatic rings. The highest BCUT2D eigenvalue weighted by Gasteiger charge is 2.23. The van der Waals surface area contributed by atoms with Gasteiger partial charge >= 0.3 is 0 Å². The molecular weight excluding hydrogens is 244 g/mol. The van der Waals surface area contributed by atoms with Crippen molar-refractivity contribution in [3.05, 3.63) is 21.6 Å². The van der Waals surface area contributed by atoms with Crippen molar-refractivity contribution in [2.75, 3.05) is 44.2 Å². The summed E-state index contributed by atoms with van der Waals surface area (Å²) in [6, 6.07) is 0. The minimum atomic E-state index is 0.0441. The number of aromatic amines is 1. The zero-order valence-electron chi connectivity index (χ0n) is 11.1. The second-order valence-electron chi connectivity index (χ2n) is 5.38. The molecule has 6 heteroatoms. The number of aryl methyl sites for hydroxylation is 1. The van der Waals surface area contributed by atoms with E-state index in [4.69, 9.17) is 5.11 Å². The molecule has 1 fully saturated rings. The molecule has 1 aliphatic carbocycles. The summed E-state index contributed by atoms with van der Waals surface area (Å²) in [5.74, 6) is 0.730. The molecule has 1 saturated heterocycles. The van der Waals surface area contributed by atoms with E-state index in [0.717, 1.165) is 69.2 Å². The standard InChI is InChI=1S/C13H20N4O2/c18-9-8-16-4-6-17(7-5-16)13-14-11-3-1-2-10(11)12(19)15-13/h18H,1-9H2,(H,14,15,19)/p+1. The van der Waals surface area contributed by atoms with Crippen molar-refractivity contribution in [3.63, 3.8) is 0 Å². The summed E-state index contributed by atoms with van der Waals surface area (Å²) >= 11 is 0. The Morgan fingerprint density at radius 1 is 1.32 bits per heavy atom. The smallest absolute Gasteiger partial charge is 0.255 e. The first-order valence-corrected chi connectivity index (χ1v) is 7.09. The van der Waals surface area contributed by atoms with Crippen LogP contribution in [0.1, 0.15) is 17.7 Å². The number of quaternary nitrogens is 1. The number of hydrogen-bond donors (Lipinski definition) is 3. The molecule has 3 rings (SSSR count). The van der Waals surface area contributed by atoms with Crippen molar-refractivity contribution in [1.82, 2.24) is 9.97 Å². The summed E-state index contributed by atoms with van der Waals surface area (Å²) in [6.07, 6.45) is 2.84. The maximum Gasteiger partial charge on any atom is 0.255 e. The van der Waals surface area contributed by atoms with Crippen LogP contribution in [0.15, 0.2) is 4.79 Å². The summed E-state index contributed by atoms with van der Waals surface area (Å²) in [7, 11) is 0. The number of aliphatic hydroxyl groups excluding tert-OH is 1. The van der Waals surface area contributed by atoms with Gasteiger partial charge in [-0.25, -0.2) is 4.98 Å². The Morgan fingerprint density at radius 3 is 2.84 bits per heavy atom. The van der Waals surface area contributed by atoms with Gasteiger partial charge in [0.1, 0.15) is 6.54 Å². The number of H-pyrrole nitrogens is 1. The van der Waals surface area contributed by atoms with Crippen LogP contribution in [0.2, 0.25) is 0 Å². The van der Waals surface area contributed by atoms with E-state index >= 15 is 0 Å². The molecule has 6 nitrogen and oxygen atoms in total. The third kappa shape index (κ3) is 2.50. The van der Waals surface area contributed by atoms with Crippen molar-refractivity contribution in [3.8, 4) is 0 Å². The number of piperazine rings is 1. The van der Waals surface area contributed by atoms with E-state index in [1.54, 1.807) is 0 Å². The predicted octanol–water partition coefficient (Wildman–Crippen LogP) is -2.04. The van der Waals surface area contributed by atoms with Crippen molar-refractivity contribution < 1.29 is 10.0 Å². The first-order chi connectivity index (χ1) is 9.28. The lowest BCUT2D eigenvalue weighted by atomic mass is 10.2. The molecule has 0 saturated carbocycles. The Balaban J connectivity index is 1.74. The molecule has 1 aliphatic heterocycles. The van der Waals surface area contributed by atoms with Gasteiger partial charge in [-0.2, -0.15) is 0 Å². The normalized spacial score (nSPS) is 19.7. The van der Waals surface area contributed by atoms with Gasteiger partial charge in [0.15, 0.2) is 0 Å². The summed E-state index contributed by atoms with van der Waals surface area (Å²) in [6.45, 7) is 4.79. The zero-order chi connectivity index (χ0) is 13.2. The van der Waals surface area contributed by atoms with E-state index in [1.807, 2.05) is 0 Å². The van der Waals surface area contributed by atoms with Gasteiger partial charge in [-0.1, -0.05) is 0 Å². The van der Waals surface area contributed by atoms with Crippen LogP contribution < -0.4 is 15.4 Å². The second-order valence-corrected chi connectivity index (χ2v) is 5.38. The van der Waals surface area contributed by atoms with Crippen molar-refractivity contribution in [2.24, 2.45) is 0 Å². The molecule has 3 N–H and O–H groups in total. The van der Waals surface area contributed by atoms with E-state index in [-0.39, 0.29) is 12.2 Å². The Hall–Kier alpha value is -1.40. The Morgan fingerprint density at radius 2 is 2.11 bits per heavy atom. The van der Waals surface area contributed by atoms with Crippen LogP contribution in [-0.2, 0) is 12.8 Å². The maximum atomic E-state index is 12.0. The van der Waals surface area contributed by atoms with Crippen molar-refractivity contribution >= 4 is 5.95 Å². The molecule has 104 valence electrons. The van der Waals surface area contributed by atoms with Crippen molar-refractivity contribution in [1.29, 1.82) is 0 Å². The van der Waals surface area contributed by atoms with Crippen LogP contribution in [0.3, 0.4) is 0 Å². The number of rotatable bonds is 3. The van der Waals surface area contributed by atoms with Crippen LogP contribution in [0, 0.1) is 0 Å². The summed E-state index contributed by atoms with van der Waals surface area (Å²) in [4.78, 5) is 23.1. The van der Waals surface area contributed by atoms with Gasteiger partial charge in [-0.3, -0.25) is 9.78 Å². The van der Waals surface area contributed by atoms with E-state index in [0.29, 0.717) is 0 Å². The van der Waals surface area contributed by atoms with Gasteiger partial charge in [-0.15, -0.1) is 0 Å². The first-order valence-electron chi connectivity index (χ1n) is 7.09. The van der Waals surface area contributed by atoms with Gasteiger partial charge in [-0.05, 0) is 19.3 Å². The lowest BCUT2D eigenvalue weighted by molar-refractivity contribution is -0.900. The topological polar surface area (TPSA) is 73.7 Å². The SMILES string of the molecule is O=c1[nH]c(N2CC[NH+](CCO)CC2)nc2c1CCC2. The fourth-order valence-corrected chi connectivity index (χ4v) is 3.02. The molecule has 0 spiro atoms. The lowest BCUT2D eigenvalue weighted by Crippen LogP contribution is -3.15. The molecule has 0 unspecified atom stereocenters. The number of fused-ring (bicyclic) bond motifs is 1. The molecular formula is C13H21N4O2+. The third-order valence-electron chi connectivity index (χ3n) is 4.16. The summed E-state index contributed by atoms with van der Waals surface area (Å²) in [5, 5.41) is 8.95. The molecule has 2 aliphatic rings. The lowest BCUT2D eigenvalue weighted by Gasteiger charge is -2.32. The molecule has 0 amide bonds. The van der Waals surface area contributed by atoms with Crippen LogP contribution in [0.4, 0.5) is 5.95 Å². The van der Waals surface area contributed by atoms with Crippen LogP contribution in [0.25, 0.3) is 0 Å². The van der Waals surface area contributed by atoms with Gasteiger partial charge in [0.05, 0.1) is 38.5 Å². The Kier molecular flexibility index (Phi) is 3.52. The second kappa shape index (κ2) is 5.30. The molecule has 1 aromatic heterocycles. The van der Waals surface area contributed by atoms with Gasteiger partial charge in [0.2, 0.25) is 5.95 Å². The highest BCUT2D eigenvalue weighted by Crippen LogP contribution is 2.18. The predicted molar refractivity (Wildman–Crippen MR) is 71.7 cm³/mol. The highest BCUT2D eigenvalue weighted by atomic mass is 16.3. The fraction of sp³-hybridized carbons (Fsp3) is 0.692. The van der Waals surface area contributed by atoms with E-state index < -0.39 is 0 Å². The van der Waals surface area contributed by atoms with Gasteiger partial charge in [0.25, 0.3) is 5.56 Å². The Labute approximate surface area is 112 Å². The number of aliphatic hydroxyl groups is 1. The summed E-state index contributed by atoms with van der Waals surface area (Å²) in [5.41, 5.74) is 1.92. The minimum Gasteiger partial charge on any atom is -0.391 e. The van der Waals surface area contributed by atoms with Crippen LogP contribution in [-0.4, -0.2) is 54.4 Å². The Bertz CT molecular complexity index is 506. The van der Waals surface area contributed by atoms with Crippen molar-refractivity contribution in [2.45, 2.75) is 19.3 Å². The van der Waals surface area contributed by atoms with E-state index in [2.05, 4.69) is 14.9 Å². The molecule has 19 heavy (non-hydrogen) atoms. The number of nitrogens with zero attached hydrogens (tertiary/aromatic N) is 2. The average molecular weight is 265 g/mol. The quantitative estimate of drug-likeness (QED) is 0.588. The zero-order valence-corrected chi connectivity index (χ0v) is 11.1. The molecule has 0 radical (unpaired) electrons. The number of hydrogen-bond acceptors (Lipinski definition) is 4. The van der Waals surface area contributed by atoms with Crippen LogP contribution in [0.5, 0.6) is 0 Å². The van der Waals surface area contributed by atoms with E-state index in [9.17, 15) is 4.79 Å². The largest absolute Gasteiger partial charge is 0.391 e. The highest BCUT2D eigenvalue weighted by molar-refractivity contribution is 5.35. The van der Waals surface area contributed by atoms with E-state index in [1.165, 1.54) is 4.90 Å². The van der Waals surface area contributed by atoms with Gasteiger partial charge in [0, 0.05) is 5.56 Å². The molecule has 0 aromatic carbocycles. The maximum absolute atomic E-state index is 12.0. The number of aromatic nitrogens is 2. The number of anilines is 1. The van der Waals surface area contributed by atoms with Gasteiger partial charge < -0.3 is 14.9 Å².